The molecular formula is C8H20N2O2. The molecule has 0 aliphatic rings. The Bertz CT molecular complexity index is 101. The van der Waals surface area contributed by atoms with Gasteiger partial charge in [0.1, 0.15) is 0 Å². The molecule has 0 aliphatic carbocycles. The lowest BCUT2D eigenvalue weighted by atomic mass is 10.3. The van der Waals surface area contributed by atoms with Crippen molar-refractivity contribution in [1.29, 1.82) is 0 Å². The summed E-state index contributed by atoms with van der Waals surface area (Å²) in [6, 6.07) is 0. The Morgan fingerprint density at radius 2 is 2.25 bits per heavy atom. The maximum Gasteiger partial charge on any atom is 0.0899 e. The largest absolute Gasteiger partial charge is 0.389 e. The van der Waals surface area contributed by atoms with E-state index in [4.69, 9.17) is 4.74 Å². The minimum Gasteiger partial charge on any atom is -0.389 e. The van der Waals surface area contributed by atoms with E-state index in [1.807, 2.05) is 14.1 Å². The lowest BCUT2D eigenvalue weighted by Gasteiger charge is -2.19. The van der Waals surface area contributed by atoms with E-state index in [9.17, 15) is 5.11 Å². The molecule has 0 aromatic rings. The second-order valence-corrected chi connectivity index (χ2v) is 2.97. The van der Waals surface area contributed by atoms with Gasteiger partial charge in [0.15, 0.2) is 0 Å². The Labute approximate surface area is 74.5 Å². The zero-order chi connectivity index (χ0) is 9.40. The number of methoxy groups -OCH3 is 1. The average molecular weight is 176 g/mol. The minimum absolute atomic E-state index is 0.378. The molecule has 0 radical (unpaired) electrons. The lowest BCUT2D eigenvalue weighted by Crippen LogP contribution is -2.35. The molecule has 0 bridgehead atoms. The van der Waals surface area contributed by atoms with Crippen LogP contribution in [0.1, 0.15) is 0 Å². The molecule has 74 valence electrons. The van der Waals surface area contributed by atoms with Crippen molar-refractivity contribution in [3.05, 3.63) is 0 Å². The molecular weight excluding hydrogens is 156 g/mol. The van der Waals surface area contributed by atoms with Gasteiger partial charge in [-0.25, -0.2) is 0 Å². The summed E-state index contributed by atoms with van der Waals surface area (Å²) in [4.78, 5) is 2.07. The summed E-state index contributed by atoms with van der Waals surface area (Å²) in [6.07, 6.45) is -0.378. The standard InChI is InChI=1S/C8H20N2O2/c1-9-4-5-10(2)6-8(11)7-12-3/h8-9,11H,4-7H2,1-3H3. The van der Waals surface area contributed by atoms with Crippen LogP contribution in [0.25, 0.3) is 0 Å². The van der Waals surface area contributed by atoms with Crippen molar-refractivity contribution < 1.29 is 9.84 Å². The first-order valence-corrected chi connectivity index (χ1v) is 4.20. The molecule has 0 aromatic heterocycles. The van der Waals surface area contributed by atoms with E-state index in [1.54, 1.807) is 7.11 Å². The Balaban J connectivity index is 3.33. The van der Waals surface area contributed by atoms with E-state index < -0.39 is 0 Å². The molecule has 4 heteroatoms. The Morgan fingerprint density at radius 1 is 1.58 bits per heavy atom. The fourth-order valence-corrected chi connectivity index (χ4v) is 0.999. The van der Waals surface area contributed by atoms with Crippen molar-refractivity contribution in [3.63, 3.8) is 0 Å². The summed E-state index contributed by atoms with van der Waals surface area (Å²) in [5, 5.41) is 12.4. The zero-order valence-corrected chi connectivity index (χ0v) is 8.21. The number of ether oxygens (including phenoxy) is 1. The number of rotatable bonds is 7. The normalized spacial score (nSPS) is 13.8. The van der Waals surface area contributed by atoms with E-state index in [1.165, 1.54) is 0 Å². The third kappa shape index (κ3) is 6.54. The molecule has 0 rings (SSSR count). The van der Waals surface area contributed by atoms with Crippen LogP contribution in [0.2, 0.25) is 0 Å². The predicted octanol–water partition coefficient (Wildman–Crippen LogP) is -0.855. The highest BCUT2D eigenvalue weighted by atomic mass is 16.5. The number of aliphatic hydroxyl groups excluding tert-OH is 1. The number of likely N-dealkylation sites (N-methyl/N-ethyl adjacent to an activating group) is 2. The molecule has 0 amide bonds. The lowest BCUT2D eigenvalue weighted by molar-refractivity contribution is 0.0436. The molecule has 2 N–H and O–H groups in total. The summed E-state index contributed by atoms with van der Waals surface area (Å²) in [6.45, 7) is 2.95. The topological polar surface area (TPSA) is 44.7 Å². The Morgan fingerprint density at radius 3 is 2.75 bits per heavy atom. The van der Waals surface area contributed by atoms with Crippen molar-refractivity contribution in [2.75, 3.05) is 47.4 Å². The Kier molecular flexibility index (Phi) is 7.39. The SMILES string of the molecule is CNCCN(C)CC(O)COC. The van der Waals surface area contributed by atoms with Crippen LogP contribution in [0.5, 0.6) is 0 Å². The van der Waals surface area contributed by atoms with Gasteiger partial charge in [-0.1, -0.05) is 0 Å². The predicted molar refractivity (Wildman–Crippen MR) is 49.3 cm³/mol. The van der Waals surface area contributed by atoms with Gasteiger partial charge in [0.05, 0.1) is 12.7 Å². The maximum atomic E-state index is 9.33. The van der Waals surface area contributed by atoms with Gasteiger partial charge >= 0.3 is 0 Å². The highest BCUT2D eigenvalue weighted by molar-refractivity contribution is 4.60. The van der Waals surface area contributed by atoms with Crippen LogP contribution in [0.3, 0.4) is 0 Å². The van der Waals surface area contributed by atoms with Gasteiger partial charge in [0.25, 0.3) is 0 Å². The maximum absolute atomic E-state index is 9.33. The van der Waals surface area contributed by atoms with Crippen molar-refractivity contribution in [3.8, 4) is 0 Å². The second kappa shape index (κ2) is 7.49. The van der Waals surface area contributed by atoms with E-state index in [-0.39, 0.29) is 6.10 Å². The van der Waals surface area contributed by atoms with Crippen LogP contribution in [0, 0.1) is 0 Å². The van der Waals surface area contributed by atoms with Crippen molar-refractivity contribution in [2.45, 2.75) is 6.10 Å². The van der Waals surface area contributed by atoms with Crippen LogP contribution in [-0.2, 0) is 4.74 Å². The summed E-state index contributed by atoms with van der Waals surface area (Å²) in [5.74, 6) is 0. The summed E-state index contributed by atoms with van der Waals surface area (Å²) < 4.78 is 4.82. The molecule has 1 unspecified atom stereocenters. The van der Waals surface area contributed by atoms with E-state index in [0.717, 1.165) is 13.1 Å². The first-order valence-electron chi connectivity index (χ1n) is 4.20. The number of nitrogens with one attached hydrogen (secondary N) is 1. The second-order valence-electron chi connectivity index (χ2n) is 2.97. The van der Waals surface area contributed by atoms with Gasteiger partial charge in [-0.3, -0.25) is 0 Å². The quantitative estimate of drug-likeness (QED) is 0.530. The summed E-state index contributed by atoms with van der Waals surface area (Å²) in [5.41, 5.74) is 0. The van der Waals surface area contributed by atoms with Crippen LogP contribution >= 0.6 is 0 Å². The van der Waals surface area contributed by atoms with Gasteiger partial charge in [-0.2, -0.15) is 0 Å². The van der Waals surface area contributed by atoms with Gasteiger partial charge in [-0.15, -0.1) is 0 Å². The van der Waals surface area contributed by atoms with Crippen LogP contribution in [-0.4, -0.2) is 63.6 Å². The molecule has 0 spiro atoms. The van der Waals surface area contributed by atoms with Gasteiger partial charge in [0, 0.05) is 26.7 Å². The van der Waals surface area contributed by atoms with E-state index in [2.05, 4.69) is 10.2 Å². The number of hydrogen-bond acceptors (Lipinski definition) is 4. The Hall–Kier alpha value is -0.160. The third-order valence-corrected chi connectivity index (χ3v) is 1.63. The van der Waals surface area contributed by atoms with E-state index in [0.29, 0.717) is 13.2 Å². The molecule has 4 nitrogen and oxygen atoms in total. The molecule has 0 heterocycles. The van der Waals surface area contributed by atoms with Gasteiger partial charge in [-0.05, 0) is 14.1 Å². The van der Waals surface area contributed by atoms with Crippen molar-refractivity contribution >= 4 is 0 Å². The molecule has 0 fully saturated rings. The van der Waals surface area contributed by atoms with E-state index >= 15 is 0 Å². The first kappa shape index (κ1) is 11.8. The van der Waals surface area contributed by atoms with Gasteiger partial charge < -0.3 is 20.1 Å². The smallest absolute Gasteiger partial charge is 0.0899 e. The summed E-state index contributed by atoms with van der Waals surface area (Å²) in [7, 11) is 5.49. The van der Waals surface area contributed by atoms with Crippen molar-refractivity contribution in [1.82, 2.24) is 10.2 Å². The molecule has 0 aromatic carbocycles. The van der Waals surface area contributed by atoms with Crippen LogP contribution < -0.4 is 5.32 Å². The molecule has 12 heavy (non-hydrogen) atoms. The number of nitrogens with zero attached hydrogens (tertiary/aromatic N) is 1. The molecule has 0 aliphatic heterocycles. The molecule has 0 saturated carbocycles. The monoisotopic (exact) mass is 176 g/mol. The molecule has 0 saturated heterocycles. The zero-order valence-electron chi connectivity index (χ0n) is 8.21. The summed E-state index contributed by atoms with van der Waals surface area (Å²) >= 11 is 0. The van der Waals surface area contributed by atoms with Gasteiger partial charge in [0.2, 0.25) is 0 Å². The molecule has 1 atom stereocenters. The number of aliphatic hydroxyl groups is 1. The third-order valence-electron chi connectivity index (χ3n) is 1.63. The van der Waals surface area contributed by atoms with Crippen LogP contribution in [0.4, 0.5) is 0 Å². The fourth-order valence-electron chi connectivity index (χ4n) is 0.999. The highest BCUT2D eigenvalue weighted by Gasteiger charge is 2.06. The highest BCUT2D eigenvalue weighted by Crippen LogP contribution is 1.88. The van der Waals surface area contributed by atoms with Crippen LogP contribution in [0.15, 0.2) is 0 Å². The van der Waals surface area contributed by atoms with Crippen molar-refractivity contribution in [2.24, 2.45) is 0 Å². The first-order chi connectivity index (χ1) is 5.70. The average Bonchev–Trinajstić information content (AvgIpc) is 2.01. The number of hydrogen-bond donors (Lipinski definition) is 2. The minimum atomic E-state index is -0.378. The fraction of sp³-hybridized carbons (Fsp3) is 1.00.